The maximum atomic E-state index is 12.4. The molecule has 4 heteroatoms. The van der Waals surface area contributed by atoms with Gasteiger partial charge in [0.25, 0.3) is 0 Å². The van der Waals surface area contributed by atoms with Gasteiger partial charge in [-0.3, -0.25) is 9.48 Å². The van der Waals surface area contributed by atoms with Crippen LogP contribution < -0.4 is 4.74 Å². The Kier molecular flexibility index (Phi) is 4.39. The van der Waals surface area contributed by atoms with Gasteiger partial charge >= 0.3 is 0 Å². The highest BCUT2D eigenvalue weighted by atomic mass is 16.5. The van der Waals surface area contributed by atoms with Crippen LogP contribution in [-0.4, -0.2) is 22.7 Å². The van der Waals surface area contributed by atoms with E-state index in [1.165, 1.54) is 25.7 Å². The van der Waals surface area contributed by atoms with Crippen molar-refractivity contribution in [2.75, 3.05) is 7.11 Å². The van der Waals surface area contributed by atoms with E-state index in [2.05, 4.69) is 12.0 Å². The molecule has 0 N–H and O–H groups in total. The number of hydrogen-bond donors (Lipinski definition) is 0. The molecular formula is C14H22N2O2. The summed E-state index contributed by atoms with van der Waals surface area (Å²) in [5.41, 5.74) is 0.659. The Balaban J connectivity index is 2.13. The lowest BCUT2D eigenvalue weighted by molar-refractivity contribution is 0.0948. The molecule has 0 unspecified atom stereocenters. The van der Waals surface area contributed by atoms with Gasteiger partial charge in [-0.25, -0.2) is 0 Å². The normalized spacial score (nSPS) is 16.1. The van der Waals surface area contributed by atoms with E-state index in [0.29, 0.717) is 23.8 Å². The minimum Gasteiger partial charge on any atom is -0.493 e. The van der Waals surface area contributed by atoms with E-state index in [9.17, 15) is 4.79 Å². The number of aromatic nitrogens is 2. The van der Waals surface area contributed by atoms with Crippen molar-refractivity contribution in [3.05, 3.63) is 11.9 Å². The maximum absolute atomic E-state index is 12.4. The number of methoxy groups -OCH3 is 1. The number of Topliss-reactive ketones (excluding diaryl/α,β-unsaturated/α-hetero) is 1. The van der Waals surface area contributed by atoms with Gasteiger partial charge in [-0.05, 0) is 12.3 Å². The summed E-state index contributed by atoms with van der Waals surface area (Å²) in [7, 11) is 1.60. The zero-order valence-corrected chi connectivity index (χ0v) is 11.3. The van der Waals surface area contributed by atoms with E-state index in [-0.39, 0.29) is 5.78 Å². The summed E-state index contributed by atoms with van der Waals surface area (Å²) in [6.07, 6.45) is 8.18. The number of nitrogens with zero attached hydrogens (tertiary/aromatic N) is 2. The smallest absolute Gasteiger partial charge is 0.184 e. The van der Waals surface area contributed by atoms with E-state index in [4.69, 9.17) is 4.74 Å². The van der Waals surface area contributed by atoms with Crippen LogP contribution in [0, 0.1) is 5.92 Å². The molecule has 0 radical (unpaired) electrons. The molecule has 1 aromatic rings. The number of aryl methyl sites for hydroxylation is 1. The van der Waals surface area contributed by atoms with Gasteiger partial charge in [0.15, 0.2) is 11.5 Å². The zero-order valence-electron chi connectivity index (χ0n) is 11.3. The lowest BCUT2D eigenvalue weighted by atomic mass is 9.99. The third-order valence-corrected chi connectivity index (χ3v) is 3.67. The maximum Gasteiger partial charge on any atom is 0.184 e. The molecule has 1 aliphatic rings. The number of carbonyl (C=O) groups excluding carboxylic acids is 1. The van der Waals surface area contributed by atoms with Crippen LogP contribution in [-0.2, 0) is 6.54 Å². The first-order valence-electron chi connectivity index (χ1n) is 6.89. The highest BCUT2D eigenvalue weighted by Gasteiger charge is 2.24. The predicted octanol–water partition coefficient (Wildman–Crippen LogP) is 3.06. The molecule has 0 spiro atoms. The van der Waals surface area contributed by atoms with E-state index in [1.807, 2.05) is 0 Å². The summed E-state index contributed by atoms with van der Waals surface area (Å²) in [5.74, 6) is 1.36. The fourth-order valence-electron chi connectivity index (χ4n) is 2.75. The minimum atomic E-state index is 0.185. The standard InChI is InChI=1S/C14H22N2O2/c1-3-8-16-14(13(18-2)10-15-16)12(17)9-11-6-4-5-7-11/h10-11H,3-9H2,1-2H3. The van der Waals surface area contributed by atoms with Crippen LogP contribution in [0.1, 0.15) is 55.9 Å². The molecule has 18 heavy (non-hydrogen) atoms. The summed E-state index contributed by atoms with van der Waals surface area (Å²) in [4.78, 5) is 12.4. The first-order valence-corrected chi connectivity index (χ1v) is 6.89. The van der Waals surface area contributed by atoms with Crippen LogP contribution >= 0.6 is 0 Å². The average Bonchev–Trinajstić information content (AvgIpc) is 2.98. The Morgan fingerprint density at radius 1 is 1.50 bits per heavy atom. The minimum absolute atomic E-state index is 0.185. The molecule has 0 aliphatic heterocycles. The number of hydrogen-bond acceptors (Lipinski definition) is 3. The van der Waals surface area contributed by atoms with Crippen LogP contribution in [0.15, 0.2) is 6.20 Å². The fourth-order valence-corrected chi connectivity index (χ4v) is 2.75. The first-order chi connectivity index (χ1) is 8.76. The van der Waals surface area contributed by atoms with E-state index in [1.54, 1.807) is 18.0 Å². The van der Waals surface area contributed by atoms with Crippen molar-refractivity contribution in [2.45, 2.75) is 52.0 Å². The van der Waals surface area contributed by atoms with Gasteiger partial charge in [0, 0.05) is 13.0 Å². The summed E-state index contributed by atoms with van der Waals surface area (Å²) < 4.78 is 7.04. The van der Waals surface area contributed by atoms with Crippen molar-refractivity contribution in [1.29, 1.82) is 0 Å². The third-order valence-electron chi connectivity index (χ3n) is 3.67. The van der Waals surface area contributed by atoms with Crippen molar-refractivity contribution in [1.82, 2.24) is 9.78 Å². The van der Waals surface area contributed by atoms with Gasteiger partial charge in [0.05, 0.1) is 13.3 Å². The first kappa shape index (κ1) is 13.1. The van der Waals surface area contributed by atoms with Crippen molar-refractivity contribution in [2.24, 2.45) is 5.92 Å². The van der Waals surface area contributed by atoms with Crippen LogP contribution in [0.3, 0.4) is 0 Å². The SMILES string of the molecule is CCCn1ncc(OC)c1C(=O)CC1CCCC1. The molecule has 0 bridgehead atoms. The highest BCUT2D eigenvalue weighted by molar-refractivity contribution is 5.97. The average molecular weight is 250 g/mol. The van der Waals surface area contributed by atoms with Gasteiger partial charge in [-0.2, -0.15) is 5.10 Å². The Morgan fingerprint density at radius 2 is 2.22 bits per heavy atom. The number of ether oxygens (including phenoxy) is 1. The molecule has 2 rings (SSSR count). The molecule has 1 fully saturated rings. The van der Waals surface area contributed by atoms with Crippen molar-refractivity contribution in [3.8, 4) is 5.75 Å². The molecular weight excluding hydrogens is 228 g/mol. The van der Waals surface area contributed by atoms with Crippen LogP contribution in [0.5, 0.6) is 5.75 Å². The molecule has 1 aromatic heterocycles. The topological polar surface area (TPSA) is 44.1 Å². The second kappa shape index (κ2) is 6.03. The van der Waals surface area contributed by atoms with Crippen LogP contribution in [0.25, 0.3) is 0 Å². The molecule has 0 atom stereocenters. The molecule has 0 aromatic carbocycles. The van der Waals surface area contributed by atoms with Crippen molar-refractivity contribution >= 4 is 5.78 Å². The molecule has 4 nitrogen and oxygen atoms in total. The molecule has 1 heterocycles. The Morgan fingerprint density at radius 3 is 2.83 bits per heavy atom. The van der Waals surface area contributed by atoms with Crippen molar-refractivity contribution < 1.29 is 9.53 Å². The quantitative estimate of drug-likeness (QED) is 0.729. The second-order valence-electron chi connectivity index (χ2n) is 5.06. The molecule has 1 saturated carbocycles. The van der Waals surface area contributed by atoms with E-state index in [0.717, 1.165) is 13.0 Å². The Bertz CT molecular complexity index is 406. The second-order valence-corrected chi connectivity index (χ2v) is 5.06. The lowest BCUT2D eigenvalue weighted by Crippen LogP contribution is -2.14. The molecule has 0 amide bonds. The van der Waals surface area contributed by atoms with Crippen LogP contribution in [0.4, 0.5) is 0 Å². The zero-order chi connectivity index (χ0) is 13.0. The highest BCUT2D eigenvalue weighted by Crippen LogP contribution is 2.30. The monoisotopic (exact) mass is 250 g/mol. The van der Waals surface area contributed by atoms with Crippen LogP contribution in [0.2, 0.25) is 0 Å². The predicted molar refractivity (Wildman–Crippen MR) is 70.0 cm³/mol. The Hall–Kier alpha value is -1.32. The summed E-state index contributed by atoms with van der Waals surface area (Å²) in [5, 5.41) is 4.24. The third kappa shape index (κ3) is 2.74. The number of ketones is 1. The number of rotatable bonds is 6. The Labute approximate surface area is 108 Å². The van der Waals surface area contributed by atoms with Crippen molar-refractivity contribution in [3.63, 3.8) is 0 Å². The van der Waals surface area contributed by atoms with E-state index < -0.39 is 0 Å². The number of carbonyl (C=O) groups is 1. The molecule has 1 aliphatic carbocycles. The molecule has 0 saturated heterocycles. The molecule has 100 valence electrons. The fraction of sp³-hybridized carbons (Fsp3) is 0.714. The van der Waals surface area contributed by atoms with E-state index >= 15 is 0 Å². The largest absolute Gasteiger partial charge is 0.493 e. The lowest BCUT2D eigenvalue weighted by Gasteiger charge is -2.10. The van der Waals surface area contributed by atoms with Gasteiger partial charge < -0.3 is 4.74 Å². The summed E-state index contributed by atoms with van der Waals surface area (Å²) in [6.45, 7) is 2.86. The van der Waals surface area contributed by atoms with Gasteiger partial charge in [-0.1, -0.05) is 32.6 Å². The summed E-state index contributed by atoms with van der Waals surface area (Å²) in [6, 6.07) is 0. The van der Waals surface area contributed by atoms with Gasteiger partial charge in [0.1, 0.15) is 5.69 Å². The summed E-state index contributed by atoms with van der Waals surface area (Å²) >= 11 is 0. The van der Waals surface area contributed by atoms with Gasteiger partial charge in [0.2, 0.25) is 0 Å². The van der Waals surface area contributed by atoms with Gasteiger partial charge in [-0.15, -0.1) is 0 Å².